The van der Waals surface area contributed by atoms with Crippen LogP contribution < -0.4 is 0 Å². The number of nitrogens with zero attached hydrogens (tertiary/aromatic N) is 1. The van der Waals surface area contributed by atoms with Crippen LogP contribution in [0.15, 0.2) is 24.3 Å². The molecule has 0 N–H and O–H groups in total. The Kier molecular flexibility index (Phi) is 4.52. The smallest absolute Gasteiger partial charge is 0.150 e. The van der Waals surface area contributed by atoms with Gasteiger partial charge in [-0.05, 0) is 18.1 Å². The summed E-state index contributed by atoms with van der Waals surface area (Å²) >= 11 is 0. The number of carbonyl (C=O) groups excluding carboxylic acids is 1. The van der Waals surface area contributed by atoms with Gasteiger partial charge in [-0.2, -0.15) is 5.26 Å². The van der Waals surface area contributed by atoms with Gasteiger partial charge in [-0.1, -0.05) is 18.2 Å². The zero-order chi connectivity index (χ0) is 11.1. The Morgan fingerprint density at radius 3 is 3.00 bits per heavy atom. The molecule has 15 heavy (non-hydrogen) atoms. The number of ether oxygens (including phenoxy) is 1. The number of rotatable bonds is 5. The Balaban J connectivity index is 2.82. The fourth-order valence-electron chi connectivity index (χ4n) is 1.45. The number of methoxy groups -OCH3 is 1. The predicted molar refractivity (Wildman–Crippen MR) is 56.4 cm³/mol. The lowest BCUT2D eigenvalue weighted by atomic mass is 10.0. The minimum absolute atomic E-state index is 0.107. The predicted octanol–water partition coefficient (Wildman–Crippen LogP) is 2.49. The molecule has 1 aromatic carbocycles. The van der Waals surface area contributed by atoms with E-state index in [1.54, 1.807) is 19.2 Å². The second-order valence-corrected chi connectivity index (χ2v) is 3.21. The molecule has 3 nitrogen and oxygen atoms in total. The number of carbonyl (C=O) groups is 1. The molecule has 0 aliphatic heterocycles. The Morgan fingerprint density at radius 1 is 1.60 bits per heavy atom. The molecule has 0 aromatic heterocycles. The number of benzene rings is 1. The Labute approximate surface area is 89.3 Å². The fourth-order valence-corrected chi connectivity index (χ4v) is 1.45. The van der Waals surface area contributed by atoms with Crippen LogP contribution in [-0.4, -0.2) is 13.4 Å². The zero-order valence-corrected chi connectivity index (χ0v) is 8.64. The van der Waals surface area contributed by atoms with Crippen molar-refractivity contribution in [1.82, 2.24) is 0 Å². The summed E-state index contributed by atoms with van der Waals surface area (Å²) < 4.78 is 5.27. The molecule has 0 saturated heterocycles. The lowest BCUT2D eigenvalue weighted by molar-refractivity contribution is 0.0967. The first-order valence-corrected chi connectivity index (χ1v) is 4.76. The van der Waals surface area contributed by atoms with Gasteiger partial charge in [0, 0.05) is 19.1 Å². The van der Waals surface area contributed by atoms with Gasteiger partial charge in [-0.15, -0.1) is 0 Å². The van der Waals surface area contributed by atoms with Crippen LogP contribution in [0.2, 0.25) is 0 Å². The first-order valence-electron chi connectivity index (χ1n) is 4.76. The van der Waals surface area contributed by atoms with Crippen LogP contribution in [0, 0.1) is 11.3 Å². The normalized spacial score (nSPS) is 11.7. The Morgan fingerprint density at radius 2 is 2.40 bits per heavy atom. The molecule has 0 bridgehead atoms. The number of hydrogen-bond acceptors (Lipinski definition) is 3. The lowest BCUT2D eigenvalue weighted by Crippen LogP contribution is -2.01. The largest absolute Gasteiger partial charge is 0.377 e. The van der Waals surface area contributed by atoms with Crippen molar-refractivity contribution in [2.45, 2.75) is 18.9 Å². The third kappa shape index (κ3) is 3.19. The number of nitriles is 1. The molecular formula is C12H13NO2. The van der Waals surface area contributed by atoms with E-state index in [0.29, 0.717) is 18.4 Å². The highest BCUT2D eigenvalue weighted by Gasteiger charge is 2.10. The summed E-state index contributed by atoms with van der Waals surface area (Å²) in [6, 6.07) is 9.33. The van der Waals surface area contributed by atoms with E-state index in [2.05, 4.69) is 6.07 Å². The minimum atomic E-state index is -0.107. The van der Waals surface area contributed by atoms with Crippen molar-refractivity contribution in [3.8, 4) is 6.07 Å². The quantitative estimate of drug-likeness (QED) is 0.691. The zero-order valence-electron chi connectivity index (χ0n) is 8.64. The molecule has 0 aliphatic carbocycles. The molecule has 0 amide bonds. The highest BCUT2D eigenvalue weighted by Crippen LogP contribution is 2.22. The minimum Gasteiger partial charge on any atom is -0.377 e. The second kappa shape index (κ2) is 5.94. The van der Waals surface area contributed by atoms with E-state index in [9.17, 15) is 4.79 Å². The van der Waals surface area contributed by atoms with Crippen LogP contribution in [0.5, 0.6) is 0 Å². The summed E-state index contributed by atoms with van der Waals surface area (Å²) in [5, 5.41) is 8.50. The van der Waals surface area contributed by atoms with E-state index < -0.39 is 0 Å². The van der Waals surface area contributed by atoms with Gasteiger partial charge < -0.3 is 4.74 Å². The molecule has 1 rings (SSSR count). The van der Waals surface area contributed by atoms with Crippen LogP contribution in [0.1, 0.15) is 34.9 Å². The van der Waals surface area contributed by atoms with Gasteiger partial charge in [0.2, 0.25) is 0 Å². The maximum absolute atomic E-state index is 10.6. The molecule has 0 aliphatic rings. The maximum atomic E-state index is 10.6. The second-order valence-electron chi connectivity index (χ2n) is 3.21. The fraction of sp³-hybridized carbons (Fsp3) is 0.333. The molecule has 1 aromatic rings. The van der Waals surface area contributed by atoms with E-state index in [-0.39, 0.29) is 6.10 Å². The van der Waals surface area contributed by atoms with Crippen molar-refractivity contribution >= 4 is 6.29 Å². The summed E-state index contributed by atoms with van der Waals surface area (Å²) in [4.78, 5) is 10.6. The summed E-state index contributed by atoms with van der Waals surface area (Å²) in [5.74, 6) is 0. The highest BCUT2D eigenvalue weighted by atomic mass is 16.5. The maximum Gasteiger partial charge on any atom is 0.150 e. The Hall–Kier alpha value is -1.66. The molecule has 0 fully saturated rings. The monoisotopic (exact) mass is 203 g/mol. The third-order valence-corrected chi connectivity index (χ3v) is 2.22. The summed E-state index contributed by atoms with van der Waals surface area (Å²) in [7, 11) is 1.61. The molecule has 1 atom stereocenters. The first kappa shape index (κ1) is 11.4. The molecule has 0 saturated carbocycles. The number of aldehydes is 1. The first-order chi connectivity index (χ1) is 7.31. The van der Waals surface area contributed by atoms with Gasteiger partial charge in [0.25, 0.3) is 0 Å². The average molecular weight is 203 g/mol. The van der Waals surface area contributed by atoms with Gasteiger partial charge in [-0.25, -0.2) is 0 Å². The third-order valence-electron chi connectivity index (χ3n) is 2.22. The van der Waals surface area contributed by atoms with Gasteiger partial charge in [0.15, 0.2) is 0 Å². The lowest BCUT2D eigenvalue weighted by Gasteiger charge is -2.14. The van der Waals surface area contributed by atoms with Crippen molar-refractivity contribution in [3.63, 3.8) is 0 Å². The van der Waals surface area contributed by atoms with Crippen LogP contribution in [0.4, 0.5) is 0 Å². The van der Waals surface area contributed by atoms with Crippen LogP contribution in [-0.2, 0) is 4.74 Å². The average Bonchev–Trinajstić information content (AvgIpc) is 2.30. The van der Waals surface area contributed by atoms with Crippen LogP contribution in [0.25, 0.3) is 0 Å². The highest BCUT2D eigenvalue weighted by molar-refractivity contribution is 5.74. The molecule has 78 valence electrons. The van der Waals surface area contributed by atoms with Gasteiger partial charge in [-0.3, -0.25) is 4.79 Å². The summed E-state index contributed by atoms with van der Waals surface area (Å²) in [5.41, 5.74) is 1.57. The van der Waals surface area contributed by atoms with Crippen molar-refractivity contribution in [2.24, 2.45) is 0 Å². The van der Waals surface area contributed by atoms with Gasteiger partial charge >= 0.3 is 0 Å². The van der Waals surface area contributed by atoms with Gasteiger partial charge in [0.05, 0.1) is 12.2 Å². The van der Waals surface area contributed by atoms with Gasteiger partial charge in [0.1, 0.15) is 6.29 Å². The van der Waals surface area contributed by atoms with Crippen molar-refractivity contribution in [1.29, 1.82) is 5.26 Å². The van der Waals surface area contributed by atoms with E-state index in [1.165, 1.54) is 0 Å². The topological polar surface area (TPSA) is 50.1 Å². The van der Waals surface area contributed by atoms with E-state index in [1.807, 2.05) is 12.1 Å². The van der Waals surface area contributed by atoms with E-state index in [4.69, 9.17) is 10.00 Å². The Bertz CT molecular complexity index is 368. The number of hydrogen-bond donors (Lipinski definition) is 0. The van der Waals surface area contributed by atoms with Crippen LogP contribution in [0.3, 0.4) is 0 Å². The molecular weight excluding hydrogens is 190 g/mol. The van der Waals surface area contributed by atoms with Crippen LogP contribution >= 0.6 is 0 Å². The summed E-state index contributed by atoms with van der Waals surface area (Å²) in [6.07, 6.45) is 1.80. The molecule has 0 heterocycles. The standard InChI is InChI=1S/C12H13NO2/c1-15-12(6-3-7-13)11-5-2-4-10(8-11)9-14/h2,4-5,8-9,12H,3,6H2,1H3. The van der Waals surface area contributed by atoms with Crippen molar-refractivity contribution in [2.75, 3.05) is 7.11 Å². The van der Waals surface area contributed by atoms with E-state index >= 15 is 0 Å². The molecule has 3 heteroatoms. The molecule has 0 spiro atoms. The van der Waals surface area contributed by atoms with Crippen molar-refractivity contribution in [3.05, 3.63) is 35.4 Å². The van der Waals surface area contributed by atoms with E-state index in [0.717, 1.165) is 11.8 Å². The summed E-state index contributed by atoms with van der Waals surface area (Å²) in [6.45, 7) is 0. The molecule has 1 unspecified atom stereocenters. The molecule has 0 radical (unpaired) electrons. The SMILES string of the molecule is COC(CCC#N)c1cccc(C=O)c1. The van der Waals surface area contributed by atoms with Crippen molar-refractivity contribution < 1.29 is 9.53 Å².